The van der Waals surface area contributed by atoms with E-state index < -0.39 is 69.7 Å². The molecule has 1 fully saturated rings. The van der Waals surface area contributed by atoms with Gasteiger partial charge in [0.15, 0.2) is 22.4 Å². The molecule has 0 saturated carbocycles. The smallest absolute Gasteiger partial charge is 0.264 e. The van der Waals surface area contributed by atoms with Crippen LogP contribution in [0.15, 0.2) is 12.2 Å². The topological polar surface area (TPSA) is 101 Å². The van der Waals surface area contributed by atoms with Crippen LogP contribution in [0.1, 0.15) is 120 Å². The maximum atomic E-state index is 12.2. The number of aliphatic hydroxyl groups excluding tert-OH is 1. The van der Waals surface area contributed by atoms with Crippen molar-refractivity contribution in [3.63, 3.8) is 0 Å². The summed E-state index contributed by atoms with van der Waals surface area (Å²) >= 11 is 0. The Morgan fingerprint density at radius 3 is 1.76 bits per heavy atom. The van der Waals surface area contributed by atoms with E-state index in [1.54, 1.807) is 13.8 Å². The van der Waals surface area contributed by atoms with Gasteiger partial charge in [0.25, 0.3) is 10.1 Å². The molecule has 1 heterocycles. The van der Waals surface area contributed by atoms with Crippen molar-refractivity contribution in [1.29, 1.82) is 0 Å². The zero-order valence-electron chi connectivity index (χ0n) is 31.3. The summed E-state index contributed by atoms with van der Waals surface area (Å²) in [5.41, 5.74) is 0. The van der Waals surface area contributed by atoms with Gasteiger partial charge in [-0.15, -0.1) is 0 Å². The summed E-state index contributed by atoms with van der Waals surface area (Å²) < 4.78 is 57.0. The summed E-state index contributed by atoms with van der Waals surface area (Å²) in [7, 11) is -8.63. The Morgan fingerprint density at radius 2 is 1.29 bits per heavy atom. The molecule has 5 atom stereocenters. The van der Waals surface area contributed by atoms with Crippen LogP contribution in [0.3, 0.4) is 0 Å². The van der Waals surface area contributed by atoms with E-state index in [1.807, 2.05) is 0 Å². The highest BCUT2D eigenvalue weighted by Crippen LogP contribution is 2.44. The number of aliphatic hydroxyl groups is 1. The molecule has 1 N–H and O–H groups in total. The van der Waals surface area contributed by atoms with Gasteiger partial charge in [0, 0.05) is 0 Å². The van der Waals surface area contributed by atoms with Crippen molar-refractivity contribution in [2.24, 2.45) is 0 Å². The van der Waals surface area contributed by atoms with Crippen molar-refractivity contribution < 1.29 is 36.0 Å². The molecule has 0 aromatic carbocycles. The van der Waals surface area contributed by atoms with Gasteiger partial charge >= 0.3 is 0 Å². The molecular formula is C34H70O8SSi2. The number of unbranched alkanes of at least 4 members (excludes halogenated alkanes) is 8. The Kier molecular flexibility index (Phi) is 16.7. The van der Waals surface area contributed by atoms with Crippen molar-refractivity contribution in [3.8, 4) is 0 Å². The third-order valence-corrected chi connectivity index (χ3v) is 19.2. The molecule has 1 aliphatic rings. The molecule has 0 aliphatic carbocycles. The largest absolute Gasteiger partial charge is 0.408 e. The van der Waals surface area contributed by atoms with E-state index in [-0.39, 0.29) is 10.1 Å². The molecule has 1 rings (SSSR count). The fourth-order valence-corrected chi connectivity index (χ4v) is 8.14. The lowest BCUT2D eigenvalue weighted by Gasteiger charge is -2.46. The van der Waals surface area contributed by atoms with Crippen molar-refractivity contribution in [2.75, 3.05) is 12.9 Å². The molecule has 45 heavy (non-hydrogen) atoms. The molecule has 11 heteroatoms. The van der Waals surface area contributed by atoms with E-state index in [1.165, 1.54) is 44.9 Å². The van der Waals surface area contributed by atoms with E-state index in [2.05, 4.69) is 86.8 Å². The molecule has 0 spiro atoms. The number of rotatable bonds is 20. The Morgan fingerprint density at radius 1 is 0.822 bits per heavy atom. The minimum atomic E-state index is -3.88. The molecule has 1 saturated heterocycles. The minimum Gasteiger partial charge on any atom is -0.408 e. The summed E-state index contributed by atoms with van der Waals surface area (Å²) in [5, 5.41) is 10.2. The summed E-state index contributed by atoms with van der Waals surface area (Å²) in [6.45, 7) is 27.3. The molecule has 0 bridgehead atoms. The van der Waals surface area contributed by atoms with E-state index in [4.69, 9.17) is 22.5 Å². The molecule has 0 radical (unpaired) electrons. The van der Waals surface area contributed by atoms with Crippen LogP contribution >= 0.6 is 0 Å². The molecule has 0 amide bonds. The molecule has 0 aromatic rings. The maximum Gasteiger partial charge on any atom is 0.264 e. The second-order valence-corrected chi connectivity index (χ2v) is 27.6. The Balaban J connectivity index is 3.54. The standard InChI is InChI=1S/C34H70O8SSi2/c1-15-16-17-18-19-20-21-22-23-24-25-27(41-44(11,12)32(2,3)4)30(42-45(13,14)33(5,6)7)31-29(38-34(8,9)39-31)28(26-35)40-43(10,36)37/h24-25,27-31,35H,15-23,26H2,1-14H3/b25-24+/t27-,28+,29-,30-,31-/m0/s1. The second kappa shape index (κ2) is 17.5. The van der Waals surface area contributed by atoms with Gasteiger partial charge in [0.2, 0.25) is 0 Å². The van der Waals surface area contributed by atoms with E-state index in [9.17, 15) is 13.5 Å². The zero-order valence-corrected chi connectivity index (χ0v) is 34.1. The second-order valence-electron chi connectivity index (χ2n) is 16.5. The van der Waals surface area contributed by atoms with Gasteiger partial charge in [-0.1, -0.05) is 106 Å². The highest BCUT2D eigenvalue weighted by molar-refractivity contribution is 7.86. The summed E-state index contributed by atoms with van der Waals surface area (Å²) in [4.78, 5) is 0. The van der Waals surface area contributed by atoms with Crippen LogP contribution in [0.4, 0.5) is 0 Å². The maximum absolute atomic E-state index is 12.2. The van der Waals surface area contributed by atoms with Crippen LogP contribution in [0.5, 0.6) is 0 Å². The van der Waals surface area contributed by atoms with E-state index >= 15 is 0 Å². The van der Waals surface area contributed by atoms with Crippen LogP contribution < -0.4 is 0 Å². The van der Waals surface area contributed by atoms with Gasteiger partial charge in [-0.2, -0.15) is 8.42 Å². The third-order valence-electron chi connectivity index (χ3n) is 9.68. The SMILES string of the molecule is CCCCCCCCCC/C=C/[C@H](O[Si](C)(C)C(C)(C)C)[C@H](O[Si](C)(C)C(C)(C)C)[C@H]1OC(C)(C)O[C@H]1[C@@H](CO)OS(C)(=O)=O. The number of ether oxygens (including phenoxy) is 2. The lowest BCUT2D eigenvalue weighted by Crippen LogP contribution is -2.58. The van der Waals surface area contributed by atoms with Gasteiger partial charge in [0.05, 0.1) is 19.0 Å². The molecule has 0 unspecified atom stereocenters. The first-order valence-corrected chi connectivity index (χ1v) is 24.9. The number of allylic oxidation sites excluding steroid dienone is 1. The average molecular weight is 695 g/mol. The summed E-state index contributed by atoms with van der Waals surface area (Å²) in [6, 6.07) is 0. The van der Waals surface area contributed by atoms with Crippen LogP contribution in [0, 0.1) is 0 Å². The van der Waals surface area contributed by atoms with E-state index in [0.29, 0.717) is 0 Å². The number of hydrogen-bond donors (Lipinski definition) is 1. The zero-order chi connectivity index (χ0) is 34.9. The van der Waals surface area contributed by atoms with Gasteiger partial charge in [-0.3, -0.25) is 4.18 Å². The van der Waals surface area contributed by atoms with Gasteiger partial charge in [-0.05, 0) is 63.0 Å². The lowest BCUT2D eigenvalue weighted by molar-refractivity contribution is -0.162. The Hall–Kier alpha value is -0.116. The highest BCUT2D eigenvalue weighted by Gasteiger charge is 2.55. The van der Waals surface area contributed by atoms with Crippen LogP contribution in [-0.2, 0) is 32.6 Å². The third kappa shape index (κ3) is 14.5. The molecule has 8 nitrogen and oxygen atoms in total. The minimum absolute atomic E-state index is 0.0584. The van der Waals surface area contributed by atoms with Gasteiger partial charge in [-0.25, -0.2) is 0 Å². The van der Waals surface area contributed by atoms with Crippen LogP contribution in [-0.4, -0.2) is 79.3 Å². The van der Waals surface area contributed by atoms with Crippen LogP contribution in [0.2, 0.25) is 36.3 Å². The fraction of sp³-hybridized carbons (Fsp3) is 0.941. The number of hydrogen-bond acceptors (Lipinski definition) is 8. The van der Waals surface area contributed by atoms with E-state index in [0.717, 1.165) is 19.1 Å². The Bertz CT molecular complexity index is 999. The van der Waals surface area contributed by atoms with Gasteiger partial charge in [0.1, 0.15) is 24.4 Å². The first-order chi connectivity index (χ1) is 20.4. The quantitative estimate of drug-likeness (QED) is 0.0585. The predicted molar refractivity (Wildman–Crippen MR) is 191 cm³/mol. The monoisotopic (exact) mass is 694 g/mol. The van der Waals surface area contributed by atoms with Crippen LogP contribution in [0.25, 0.3) is 0 Å². The van der Waals surface area contributed by atoms with Crippen molar-refractivity contribution in [3.05, 3.63) is 12.2 Å². The highest BCUT2D eigenvalue weighted by atomic mass is 32.2. The summed E-state index contributed by atoms with van der Waals surface area (Å²) in [5.74, 6) is -1.05. The van der Waals surface area contributed by atoms with Gasteiger partial charge < -0.3 is 23.4 Å². The molecule has 1 aliphatic heterocycles. The lowest BCUT2D eigenvalue weighted by atomic mass is 9.99. The predicted octanol–water partition coefficient (Wildman–Crippen LogP) is 8.71. The van der Waals surface area contributed by atoms with Crippen molar-refractivity contribution >= 4 is 26.8 Å². The molecular weight excluding hydrogens is 625 g/mol. The summed E-state index contributed by atoms with van der Waals surface area (Å²) in [6.07, 6.45) is 12.4. The average Bonchev–Trinajstić information content (AvgIpc) is 3.19. The first kappa shape index (κ1) is 42.9. The van der Waals surface area contributed by atoms with Crippen molar-refractivity contribution in [1.82, 2.24) is 0 Å². The fourth-order valence-electron chi connectivity index (χ4n) is 4.97. The molecule has 268 valence electrons. The van der Waals surface area contributed by atoms with Crippen molar-refractivity contribution in [2.45, 2.75) is 193 Å². The first-order valence-electron chi connectivity index (χ1n) is 17.2. The normalized spacial score (nSPS) is 22.2. The Labute approximate surface area is 279 Å². The molecule has 0 aromatic heterocycles.